The monoisotopic (exact) mass is 251 g/mol. The summed E-state index contributed by atoms with van der Waals surface area (Å²) in [4.78, 5) is 10.5. The highest BCUT2D eigenvalue weighted by Gasteiger charge is 2.09. The van der Waals surface area contributed by atoms with Crippen molar-refractivity contribution in [1.29, 1.82) is 0 Å². The summed E-state index contributed by atoms with van der Waals surface area (Å²) in [5.41, 5.74) is 2.13. The molecule has 0 aliphatic carbocycles. The molecule has 0 aliphatic rings. The lowest BCUT2D eigenvalue weighted by atomic mass is 10.2. The first-order chi connectivity index (χ1) is 8.06. The van der Waals surface area contributed by atoms with Crippen molar-refractivity contribution in [3.8, 4) is 5.69 Å². The maximum atomic E-state index is 10.5. The van der Waals surface area contributed by atoms with E-state index in [2.05, 4.69) is 10.3 Å². The Bertz CT molecular complexity index is 566. The van der Waals surface area contributed by atoms with Crippen LogP contribution in [0.2, 0.25) is 5.02 Å². The second-order valence-electron chi connectivity index (χ2n) is 3.68. The van der Waals surface area contributed by atoms with Gasteiger partial charge in [0.05, 0.1) is 29.0 Å². The highest BCUT2D eigenvalue weighted by molar-refractivity contribution is 6.32. The largest absolute Gasteiger partial charge is 0.481 e. The van der Waals surface area contributed by atoms with E-state index in [1.165, 1.54) is 4.68 Å². The summed E-state index contributed by atoms with van der Waals surface area (Å²) in [5.74, 6) is -0.938. The van der Waals surface area contributed by atoms with Crippen LogP contribution < -0.4 is 0 Å². The molecule has 1 aromatic heterocycles. The van der Waals surface area contributed by atoms with E-state index in [4.69, 9.17) is 16.7 Å². The number of benzene rings is 1. The van der Waals surface area contributed by atoms with Crippen LogP contribution >= 0.6 is 11.6 Å². The minimum absolute atomic E-state index is 0.149. The summed E-state index contributed by atoms with van der Waals surface area (Å²) in [6.07, 6.45) is 1.41. The number of carboxylic acids is 1. The molecule has 88 valence electrons. The molecule has 0 saturated heterocycles. The van der Waals surface area contributed by atoms with E-state index >= 15 is 0 Å². The zero-order valence-electron chi connectivity index (χ0n) is 9.09. The fourth-order valence-electron chi connectivity index (χ4n) is 1.45. The first kappa shape index (κ1) is 11.6. The lowest BCUT2D eigenvalue weighted by molar-refractivity contribution is -0.136. The zero-order valence-corrected chi connectivity index (χ0v) is 9.85. The van der Waals surface area contributed by atoms with Crippen LogP contribution in [-0.2, 0) is 11.2 Å². The minimum Gasteiger partial charge on any atom is -0.481 e. The van der Waals surface area contributed by atoms with Crippen LogP contribution in [0.25, 0.3) is 5.69 Å². The molecule has 1 aromatic carbocycles. The quantitative estimate of drug-likeness (QED) is 0.904. The predicted molar refractivity (Wildman–Crippen MR) is 62.4 cm³/mol. The van der Waals surface area contributed by atoms with Gasteiger partial charge in [-0.25, -0.2) is 4.68 Å². The fourth-order valence-corrected chi connectivity index (χ4v) is 1.65. The molecule has 6 heteroatoms. The molecule has 1 heterocycles. The molecule has 2 aromatic rings. The van der Waals surface area contributed by atoms with E-state index in [0.29, 0.717) is 16.4 Å². The Morgan fingerprint density at radius 3 is 3.00 bits per heavy atom. The number of aryl methyl sites for hydroxylation is 1. The van der Waals surface area contributed by atoms with Crippen molar-refractivity contribution in [2.24, 2.45) is 0 Å². The molecule has 0 aliphatic heterocycles. The van der Waals surface area contributed by atoms with E-state index in [0.717, 1.165) is 5.56 Å². The normalized spacial score (nSPS) is 10.5. The Balaban J connectivity index is 2.36. The zero-order chi connectivity index (χ0) is 12.4. The number of halogens is 1. The number of carbonyl (C=O) groups is 1. The van der Waals surface area contributed by atoms with Gasteiger partial charge in [-0.05, 0) is 24.6 Å². The topological polar surface area (TPSA) is 68.0 Å². The number of hydrogen-bond donors (Lipinski definition) is 1. The van der Waals surface area contributed by atoms with Crippen molar-refractivity contribution in [3.05, 3.63) is 40.7 Å². The molecule has 0 atom stereocenters. The van der Waals surface area contributed by atoms with Crippen LogP contribution in [0.1, 0.15) is 11.3 Å². The van der Waals surface area contributed by atoms with Crippen molar-refractivity contribution in [1.82, 2.24) is 15.0 Å². The van der Waals surface area contributed by atoms with E-state index in [9.17, 15) is 4.79 Å². The van der Waals surface area contributed by atoms with Gasteiger partial charge in [0.2, 0.25) is 0 Å². The number of aromatic nitrogens is 3. The summed E-state index contributed by atoms with van der Waals surface area (Å²) < 4.78 is 1.48. The molecule has 0 fully saturated rings. The van der Waals surface area contributed by atoms with Gasteiger partial charge < -0.3 is 5.11 Å². The van der Waals surface area contributed by atoms with Gasteiger partial charge >= 0.3 is 5.97 Å². The number of nitrogens with zero attached hydrogens (tertiary/aromatic N) is 3. The van der Waals surface area contributed by atoms with Crippen molar-refractivity contribution >= 4 is 17.6 Å². The van der Waals surface area contributed by atoms with Crippen molar-refractivity contribution < 1.29 is 9.90 Å². The van der Waals surface area contributed by atoms with Crippen LogP contribution in [0, 0.1) is 6.92 Å². The Hall–Kier alpha value is -1.88. The summed E-state index contributed by atoms with van der Waals surface area (Å²) >= 11 is 6.04. The Labute approximate surface area is 103 Å². The molecule has 1 N–H and O–H groups in total. The summed E-state index contributed by atoms with van der Waals surface area (Å²) in [6.45, 7) is 1.94. The maximum Gasteiger partial charge on any atom is 0.309 e. The molecule has 0 spiro atoms. The molecule has 17 heavy (non-hydrogen) atoms. The molecule has 0 saturated carbocycles. The summed E-state index contributed by atoms with van der Waals surface area (Å²) in [6, 6.07) is 5.52. The highest BCUT2D eigenvalue weighted by atomic mass is 35.5. The van der Waals surface area contributed by atoms with Crippen molar-refractivity contribution in [2.75, 3.05) is 0 Å². The van der Waals surface area contributed by atoms with Gasteiger partial charge in [0.15, 0.2) is 0 Å². The van der Waals surface area contributed by atoms with E-state index < -0.39 is 5.97 Å². The van der Waals surface area contributed by atoms with Crippen LogP contribution in [-0.4, -0.2) is 26.1 Å². The first-order valence-corrected chi connectivity index (χ1v) is 5.33. The SMILES string of the molecule is Cc1ccc(Cl)c(-n2cc(CC(=O)O)nn2)c1. The fraction of sp³-hybridized carbons (Fsp3) is 0.182. The number of hydrogen-bond acceptors (Lipinski definition) is 3. The smallest absolute Gasteiger partial charge is 0.309 e. The molecule has 0 amide bonds. The molecular weight excluding hydrogens is 242 g/mol. The molecular formula is C11H10ClN3O2. The molecule has 0 radical (unpaired) electrons. The summed E-state index contributed by atoms with van der Waals surface area (Å²) in [7, 11) is 0. The van der Waals surface area contributed by atoms with Gasteiger partial charge in [-0.15, -0.1) is 5.10 Å². The Morgan fingerprint density at radius 2 is 2.29 bits per heavy atom. The Morgan fingerprint density at radius 1 is 1.53 bits per heavy atom. The number of rotatable bonds is 3. The second kappa shape index (κ2) is 4.55. The van der Waals surface area contributed by atoms with E-state index in [1.54, 1.807) is 12.3 Å². The third-order valence-corrected chi connectivity index (χ3v) is 2.54. The third kappa shape index (κ3) is 2.62. The van der Waals surface area contributed by atoms with Crippen LogP contribution in [0.15, 0.2) is 24.4 Å². The van der Waals surface area contributed by atoms with Gasteiger partial charge in [-0.3, -0.25) is 4.79 Å². The van der Waals surface area contributed by atoms with Crippen molar-refractivity contribution in [3.63, 3.8) is 0 Å². The predicted octanol–water partition coefficient (Wildman–Crippen LogP) is 1.86. The van der Waals surface area contributed by atoms with Gasteiger partial charge in [-0.1, -0.05) is 22.9 Å². The summed E-state index contributed by atoms with van der Waals surface area (Å²) in [5, 5.41) is 16.8. The third-order valence-electron chi connectivity index (χ3n) is 2.22. The number of aliphatic carboxylic acids is 1. The maximum absolute atomic E-state index is 10.5. The molecule has 5 nitrogen and oxygen atoms in total. The van der Waals surface area contributed by atoms with Gasteiger partial charge in [0, 0.05) is 0 Å². The van der Waals surface area contributed by atoms with Gasteiger partial charge in [-0.2, -0.15) is 0 Å². The van der Waals surface area contributed by atoms with Crippen LogP contribution in [0.4, 0.5) is 0 Å². The standard InChI is InChI=1S/C11H10ClN3O2/c1-7-2-3-9(12)10(4-7)15-6-8(13-14-15)5-11(16)17/h2-4,6H,5H2,1H3,(H,16,17). The Kier molecular flexibility index (Phi) is 3.10. The average Bonchev–Trinajstić information content (AvgIpc) is 2.69. The highest BCUT2D eigenvalue weighted by Crippen LogP contribution is 2.20. The first-order valence-electron chi connectivity index (χ1n) is 4.96. The van der Waals surface area contributed by atoms with Crippen molar-refractivity contribution in [2.45, 2.75) is 13.3 Å². The second-order valence-corrected chi connectivity index (χ2v) is 4.09. The molecule has 2 rings (SSSR count). The lowest BCUT2D eigenvalue weighted by Gasteiger charge is -2.03. The van der Waals surface area contributed by atoms with Gasteiger partial charge in [0.25, 0.3) is 0 Å². The van der Waals surface area contributed by atoms with Crippen LogP contribution in [0.3, 0.4) is 0 Å². The lowest BCUT2D eigenvalue weighted by Crippen LogP contribution is -2.00. The van der Waals surface area contributed by atoms with Crippen LogP contribution in [0.5, 0.6) is 0 Å². The number of carboxylic acid groups (broad SMARTS) is 1. The molecule has 0 bridgehead atoms. The average molecular weight is 252 g/mol. The van der Waals surface area contributed by atoms with E-state index in [-0.39, 0.29) is 6.42 Å². The van der Waals surface area contributed by atoms with E-state index in [1.807, 2.05) is 19.1 Å². The molecule has 0 unspecified atom stereocenters. The van der Waals surface area contributed by atoms with Gasteiger partial charge in [0.1, 0.15) is 0 Å². The minimum atomic E-state index is -0.938.